The van der Waals surface area contributed by atoms with Gasteiger partial charge in [-0.2, -0.15) is 0 Å². The Labute approximate surface area is 332 Å². The summed E-state index contributed by atoms with van der Waals surface area (Å²) >= 11 is 0. The molecule has 310 valence electrons. The quantitative estimate of drug-likeness (QED) is 0.139. The van der Waals surface area contributed by atoms with E-state index in [0.717, 1.165) is 24.8 Å². The lowest BCUT2D eigenvalue weighted by atomic mass is 9.28. The monoisotopic (exact) mass is 778 g/mol. The van der Waals surface area contributed by atoms with Crippen LogP contribution in [0.1, 0.15) is 92.1 Å². The van der Waals surface area contributed by atoms with Gasteiger partial charge in [0.1, 0.15) is 18.3 Å². The number of ether oxygens (including phenoxy) is 3. The van der Waals surface area contributed by atoms with Crippen molar-refractivity contribution in [2.24, 2.45) is 68.0 Å². The van der Waals surface area contributed by atoms with E-state index in [9.17, 15) is 35.4 Å². The van der Waals surface area contributed by atoms with Gasteiger partial charge in [-0.05, 0) is 95.3 Å². The molecule has 0 amide bonds. The summed E-state index contributed by atoms with van der Waals surface area (Å²) in [6.07, 6.45) is 5.51. The van der Waals surface area contributed by atoms with Crippen LogP contribution in [0.5, 0.6) is 0 Å². The summed E-state index contributed by atoms with van der Waals surface area (Å²) < 4.78 is 19.7. The van der Waals surface area contributed by atoms with Crippen molar-refractivity contribution >= 4 is 5.97 Å². The number of hydrogen-bond donors (Lipinski definition) is 6. The normalized spacial score (nSPS) is 51.9. The van der Waals surface area contributed by atoms with Gasteiger partial charge < -0.3 is 44.8 Å². The van der Waals surface area contributed by atoms with Crippen molar-refractivity contribution in [3.63, 3.8) is 0 Å². The summed E-state index contributed by atoms with van der Waals surface area (Å²) in [5.41, 5.74) is -0.666. The van der Waals surface area contributed by atoms with Crippen molar-refractivity contribution < 1.29 is 49.6 Å². The van der Waals surface area contributed by atoms with Crippen LogP contribution in [-0.4, -0.2) is 93.2 Å². The molecule has 0 spiro atoms. The first-order valence-corrected chi connectivity index (χ1v) is 21.3. The fourth-order valence-corrected chi connectivity index (χ4v) is 14.9. The van der Waals surface area contributed by atoms with Gasteiger partial charge in [0.05, 0.1) is 37.4 Å². The number of carboxylic acids is 1. The minimum Gasteiger partial charge on any atom is -0.481 e. The van der Waals surface area contributed by atoms with Crippen LogP contribution in [0.2, 0.25) is 0 Å². The van der Waals surface area contributed by atoms with E-state index < -0.39 is 53.6 Å². The van der Waals surface area contributed by atoms with Crippen molar-refractivity contribution in [1.82, 2.24) is 0 Å². The number of hydrogen-bond acceptors (Lipinski definition) is 9. The predicted molar refractivity (Wildman–Crippen MR) is 209 cm³/mol. The second-order valence-electron chi connectivity index (χ2n) is 20.4. The molecule has 5 fully saturated rings. The summed E-state index contributed by atoms with van der Waals surface area (Å²) in [6, 6.07) is 9.98. The van der Waals surface area contributed by atoms with E-state index in [4.69, 9.17) is 14.2 Å². The maximum absolute atomic E-state index is 13.5. The Balaban J connectivity index is 1.25. The Bertz CT molecular complexity index is 1720. The average Bonchev–Trinajstić information content (AvgIpc) is 3.17. The molecule has 0 radical (unpaired) electrons. The molecule has 6 aliphatic carbocycles. The van der Waals surface area contributed by atoms with Gasteiger partial charge in [-0.3, -0.25) is 4.79 Å². The second-order valence-corrected chi connectivity index (χ2v) is 20.4. The first kappa shape index (κ1) is 40.6. The van der Waals surface area contributed by atoms with Crippen LogP contribution in [0.15, 0.2) is 54.1 Å². The maximum Gasteiger partial charge on any atom is 0.310 e. The first-order chi connectivity index (χ1) is 26.5. The zero-order valence-corrected chi connectivity index (χ0v) is 34.1. The Morgan fingerprint density at radius 1 is 0.929 bits per heavy atom. The number of fused-ring (bicyclic) bond motifs is 5. The lowest BCUT2D eigenvalue weighted by Crippen LogP contribution is -2.75. The molecule has 7 aliphatic rings. The van der Waals surface area contributed by atoms with Gasteiger partial charge in [-0.15, -0.1) is 0 Å². The van der Waals surface area contributed by atoms with E-state index in [1.54, 1.807) is 0 Å². The van der Waals surface area contributed by atoms with Crippen molar-refractivity contribution in [3.8, 4) is 0 Å². The smallest absolute Gasteiger partial charge is 0.310 e. The molecule has 10 heteroatoms. The minimum absolute atomic E-state index is 0.0430. The van der Waals surface area contributed by atoms with Gasteiger partial charge in [0.15, 0.2) is 6.29 Å². The molecule has 1 saturated heterocycles. The predicted octanol–water partition coefficient (Wildman–Crippen LogP) is 5.50. The highest BCUT2D eigenvalue weighted by molar-refractivity contribution is 5.77. The molecule has 56 heavy (non-hydrogen) atoms. The minimum atomic E-state index is -1.49. The number of aliphatic hydroxyl groups is 5. The van der Waals surface area contributed by atoms with Crippen LogP contribution in [0.4, 0.5) is 0 Å². The van der Waals surface area contributed by atoms with Gasteiger partial charge in [-0.25, -0.2) is 0 Å². The molecule has 1 heterocycles. The number of aliphatic hydroxyl groups excluding tert-OH is 5. The van der Waals surface area contributed by atoms with Gasteiger partial charge in [-0.1, -0.05) is 102 Å². The summed E-state index contributed by atoms with van der Waals surface area (Å²) in [6.45, 7) is 13.7. The molecule has 18 atom stereocenters. The van der Waals surface area contributed by atoms with Gasteiger partial charge in [0, 0.05) is 17.9 Å². The molecule has 8 rings (SSSR count). The zero-order valence-electron chi connectivity index (χ0n) is 34.1. The van der Waals surface area contributed by atoms with E-state index in [0.29, 0.717) is 32.3 Å². The van der Waals surface area contributed by atoms with Crippen LogP contribution in [0.3, 0.4) is 0 Å². The van der Waals surface area contributed by atoms with Crippen LogP contribution < -0.4 is 0 Å². The second kappa shape index (κ2) is 14.0. The van der Waals surface area contributed by atoms with Gasteiger partial charge in [0.2, 0.25) is 0 Å². The number of benzene rings is 1. The van der Waals surface area contributed by atoms with Crippen LogP contribution >= 0.6 is 0 Å². The Morgan fingerprint density at radius 2 is 1.66 bits per heavy atom. The molecular weight excluding hydrogens is 712 g/mol. The van der Waals surface area contributed by atoms with Crippen molar-refractivity contribution in [3.05, 3.63) is 59.7 Å². The third-order valence-corrected chi connectivity index (χ3v) is 17.9. The highest BCUT2D eigenvalue weighted by Gasteiger charge is 2.76. The SMILES string of the molecule is CCC1CC2(C(=O)O)CCC(C)(CO)CC2C2=CCC3C4(C)C5C=CC(CC3(C)C21C)C4C(C)(CO)C(OC1OCC(O)C(O)C1O)C5OCc1ccccc1. The average molecular weight is 779 g/mol. The number of carbonyl (C=O) groups is 1. The highest BCUT2D eigenvalue weighted by Crippen LogP contribution is 2.80. The molecule has 10 nitrogen and oxygen atoms in total. The van der Waals surface area contributed by atoms with E-state index in [2.05, 4.69) is 59.8 Å². The van der Waals surface area contributed by atoms with Crippen LogP contribution in [0, 0.1) is 68.0 Å². The standard InChI is InChI=1S/C46H66O10/c1-7-28-20-46(40(52)53)18-17-41(2,24-47)21-31(46)29-15-16-33-43(4,45(28,29)6)19-27-13-14-30-36(54-22-26-11-9-8-10-12-26)38(42(3,25-48)37(27)44(30,33)5)56-39-35(51)34(50)32(49)23-55-39/h8-15,27-28,30-39,47-51H,7,16-25H2,1-6H3,(H,52,53). The zero-order chi connectivity index (χ0) is 40.2. The lowest BCUT2D eigenvalue weighted by molar-refractivity contribution is -0.347. The number of rotatable bonds is 9. The molecule has 1 aromatic rings. The summed E-state index contributed by atoms with van der Waals surface area (Å²) in [4.78, 5) is 13.5. The maximum atomic E-state index is 13.5. The summed E-state index contributed by atoms with van der Waals surface area (Å²) in [7, 11) is 0. The van der Waals surface area contributed by atoms with Crippen LogP contribution in [-0.2, 0) is 25.6 Å². The van der Waals surface area contributed by atoms with Gasteiger partial charge in [0.25, 0.3) is 0 Å². The fourth-order valence-electron chi connectivity index (χ4n) is 14.9. The molecule has 4 saturated carbocycles. The number of allylic oxidation sites excluding steroid dienone is 3. The van der Waals surface area contributed by atoms with E-state index in [1.165, 1.54) is 5.57 Å². The third kappa shape index (κ3) is 5.45. The Morgan fingerprint density at radius 3 is 2.32 bits per heavy atom. The molecule has 0 aromatic heterocycles. The van der Waals surface area contributed by atoms with Crippen molar-refractivity contribution in [2.45, 2.75) is 130 Å². The summed E-state index contributed by atoms with van der Waals surface area (Å²) in [5, 5.41) is 65.4. The van der Waals surface area contributed by atoms with E-state index in [-0.39, 0.29) is 77.0 Å². The van der Waals surface area contributed by atoms with Crippen LogP contribution in [0.25, 0.3) is 0 Å². The first-order valence-electron chi connectivity index (χ1n) is 21.3. The summed E-state index contributed by atoms with van der Waals surface area (Å²) in [5.74, 6) is -0.672. The molecule has 6 N–H and O–H groups in total. The molecule has 18 unspecified atom stereocenters. The van der Waals surface area contributed by atoms with Gasteiger partial charge >= 0.3 is 5.97 Å². The molecule has 1 aromatic carbocycles. The largest absolute Gasteiger partial charge is 0.481 e. The topological polar surface area (TPSA) is 166 Å². The third-order valence-electron chi connectivity index (χ3n) is 17.9. The molecule has 4 bridgehead atoms. The van der Waals surface area contributed by atoms with E-state index >= 15 is 0 Å². The number of aliphatic carboxylic acids is 1. The Kier molecular flexibility index (Phi) is 10.1. The Hall–Kier alpha value is -2.15. The van der Waals surface area contributed by atoms with Crippen molar-refractivity contribution in [1.29, 1.82) is 0 Å². The highest BCUT2D eigenvalue weighted by atomic mass is 16.7. The molecular formula is C46H66O10. The fraction of sp³-hybridized carbons (Fsp3) is 0.761. The lowest BCUT2D eigenvalue weighted by Gasteiger charge is -2.76. The van der Waals surface area contributed by atoms with Crippen molar-refractivity contribution in [2.75, 3.05) is 19.8 Å². The van der Waals surface area contributed by atoms with E-state index in [1.807, 2.05) is 30.3 Å². The molecule has 1 aliphatic heterocycles. The number of carboxylic acid groups (broad SMARTS) is 1.